The van der Waals surface area contributed by atoms with E-state index in [1.807, 2.05) is 13.8 Å². The van der Waals surface area contributed by atoms with E-state index in [-0.39, 0.29) is 28.9 Å². The van der Waals surface area contributed by atoms with E-state index in [4.69, 9.17) is 22.1 Å². The van der Waals surface area contributed by atoms with Crippen molar-refractivity contribution < 1.29 is 9.13 Å². The van der Waals surface area contributed by atoms with Crippen molar-refractivity contribution in [1.82, 2.24) is 15.0 Å². The van der Waals surface area contributed by atoms with Crippen LogP contribution in [0.3, 0.4) is 0 Å². The lowest BCUT2D eigenvalue weighted by Crippen LogP contribution is -2.11. The fourth-order valence-corrected chi connectivity index (χ4v) is 1.68. The predicted molar refractivity (Wildman–Crippen MR) is 70.4 cm³/mol. The highest BCUT2D eigenvalue weighted by Gasteiger charge is 2.12. The Labute approximate surface area is 114 Å². The first kappa shape index (κ1) is 13.5. The van der Waals surface area contributed by atoms with E-state index in [2.05, 4.69) is 15.0 Å². The predicted octanol–water partition coefficient (Wildman–Crippen LogP) is 2.70. The lowest BCUT2D eigenvalue weighted by atomic mass is 10.2. The summed E-state index contributed by atoms with van der Waals surface area (Å²) in [4.78, 5) is 11.9. The average Bonchev–Trinajstić information content (AvgIpc) is 2.26. The second kappa shape index (κ2) is 5.36. The molecule has 0 spiro atoms. The normalized spacial score (nSPS) is 10.8. The zero-order valence-corrected chi connectivity index (χ0v) is 11.1. The molecular weight excluding hydrogens is 271 g/mol. The number of hydrogen-bond donors (Lipinski definition) is 1. The van der Waals surface area contributed by atoms with E-state index < -0.39 is 5.82 Å². The molecule has 2 rings (SSSR count). The van der Waals surface area contributed by atoms with Gasteiger partial charge in [0.15, 0.2) is 5.82 Å². The van der Waals surface area contributed by atoms with Gasteiger partial charge in [-0.1, -0.05) is 11.6 Å². The summed E-state index contributed by atoms with van der Waals surface area (Å²) in [6, 6.07) is 4.04. The Morgan fingerprint density at radius 1 is 1.26 bits per heavy atom. The Hall–Kier alpha value is -1.95. The number of anilines is 1. The molecule has 0 saturated carbocycles. The molecule has 7 heteroatoms. The van der Waals surface area contributed by atoms with Crippen molar-refractivity contribution in [3.63, 3.8) is 0 Å². The van der Waals surface area contributed by atoms with Crippen molar-refractivity contribution in [3.05, 3.63) is 29.0 Å². The minimum absolute atomic E-state index is 0.0149. The number of aromatic nitrogens is 3. The quantitative estimate of drug-likeness (QED) is 0.937. The second-order valence-electron chi connectivity index (χ2n) is 4.09. The molecular formula is C12H12ClFN4O. The highest BCUT2D eigenvalue weighted by molar-refractivity contribution is 6.33. The maximum Gasteiger partial charge on any atom is 0.322 e. The van der Waals surface area contributed by atoms with Gasteiger partial charge in [-0.3, -0.25) is 0 Å². The second-order valence-corrected chi connectivity index (χ2v) is 4.50. The van der Waals surface area contributed by atoms with Gasteiger partial charge in [-0.25, -0.2) is 4.39 Å². The molecule has 0 radical (unpaired) electrons. The van der Waals surface area contributed by atoms with Crippen LogP contribution >= 0.6 is 11.6 Å². The molecule has 0 aliphatic carbocycles. The molecule has 1 heterocycles. The molecule has 0 saturated heterocycles. The van der Waals surface area contributed by atoms with Gasteiger partial charge in [-0.2, -0.15) is 15.0 Å². The van der Waals surface area contributed by atoms with Crippen LogP contribution in [0.15, 0.2) is 18.2 Å². The zero-order valence-electron chi connectivity index (χ0n) is 10.4. The first-order valence-electron chi connectivity index (χ1n) is 5.59. The van der Waals surface area contributed by atoms with Crippen LogP contribution in [0, 0.1) is 5.82 Å². The first-order chi connectivity index (χ1) is 8.95. The summed E-state index contributed by atoms with van der Waals surface area (Å²) >= 11 is 5.95. The van der Waals surface area contributed by atoms with Gasteiger partial charge in [0.2, 0.25) is 5.95 Å². The van der Waals surface area contributed by atoms with Gasteiger partial charge in [0.25, 0.3) is 0 Å². The minimum atomic E-state index is -0.436. The van der Waals surface area contributed by atoms with Gasteiger partial charge in [0, 0.05) is 5.56 Å². The van der Waals surface area contributed by atoms with Gasteiger partial charge in [-0.15, -0.1) is 0 Å². The van der Waals surface area contributed by atoms with Gasteiger partial charge in [0.1, 0.15) is 5.82 Å². The lowest BCUT2D eigenvalue weighted by molar-refractivity contribution is 0.222. The van der Waals surface area contributed by atoms with Crippen LogP contribution in [0.2, 0.25) is 5.02 Å². The number of hydrogen-bond acceptors (Lipinski definition) is 5. The Morgan fingerprint density at radius 2 is 2.00 bits per heavy atom. The summed E-state index contributed by atoms with van der Waals surface area (Å²) in [5, 5.41) is 0.195. The zero-order chi connectivity index (χ0) is 14.0. The van der Waals surface area contributed by atoms with Crippen LogP contribution in [0.1, 0.15) is 13.8 Å². The molecule has 0 amide bonds. The minimum Gasteiger partial charge on any atom is -0.461 e. The highest BCUT2D eigenvalue weighted by Crippen LogP contribution is 2.27. The summed E-state index contributed by atoms with van der Waals surface area (Å²) in [6.07, 6.45) is -0.0988. The lowest BCUT2D eigenvalue weighted by Gasteiger charge is -2.09. The summed E-state index contributed by atoms with van der Waals surface area (Å²) in [6.45, 7) is 3.68. The van der Waals surface area contributed by atoms with Crippen molar-refractivity contribution in [2.75, 3.05) is 5.73 Å². The largest absolute Gasteiger partial charge is 0.461 e. The number of ether oxygens (including phenoxy) is 1. The molecule has 19 heavy (non-hydrogen) atoms. The fraction of sp³-hybridized carbons (Fsp3) is 0.250. The SMILES string of the molecule is CC(C)Oc1nc(N)nc(-c2ccc(F)cc2Cl)n1. The van der Waals surface area contributed by atoms with Crippen molar-refractivity contribution in [2.24, 2.45) is 0 Å². The smallest absolute Gasteiger partial charge is 0.322 e. The monoisotopic (exact) mass is 282 g/mol. The van der Waals surface area contributed by atoms with Crippen molar-refractivity contribution in [1.29, 1.82) is 0 Å². The van der Waals surface area contributed by atoms with Gasteiger partial charge in [0.05, 0.1) is 11.1 Å². The molecule has 0 fully saturated rings. The van der Waals surface area contributed by atoms with E-state index >= 15 is 0 Å². The summed E-state index contributed by atoms with van der Waals surface area (Å²) in [7, 11) is 0. The summed E-state index contributed by atoms with van der Waals surface area (Å²) in [5.41, 5.74) is 6.06. The van der Waals surface area contributed by atoms with E-state index in [1.54, 1.807) is 0 Å². The third-order valence-corrected chi connectivity index (χ3v) is 2.46. The topological polar surface area (TPSA) is 73.9 Å². The average molecular weight is 283 g/mol. The van der Waals surface area contributed by atoms with Crippen molar-refractivity contribution in [3.8, 4) is 17.4 Å². The number of halogens is 2. The van der Waals surface area contributed by atoms with E-state index in [0.29, 0.717) is 5.56 Å². The fourth-order valence-electron chi connectivity index (χ4n) is 1.43. The van der Waals surface area contributed by atoms with E-state index in [0.717, 1.165) is 0 Å². The van der Waals surface area contributed by atoms with Gasteiger partial charge < -0.3 is 10.5 Å². The van der Waals surface area contributed by atoms with E-state index in [9.17, 15) is 4.39 Å². The number of benzene rings is 1. The van der Waals surface area contributed by atoms with Crippen LogP contribution in [0.25, 0.3) is 11.4 Å². The summed E-state index contributed by atoms with van der Waals surface area (Å²) < 4.78 is 18.4. The molecule has 0 atom stereocenters. The number of nitrogen functional groups attached to an aromatic ring is 1. The molecule has 1 aromatic carbocycles. The maximum atomic E-state index is 13.0. The molecule has 2 N–H and O–H groups in total. The highest BCUT2D eigenvalue weighted by atomic mass is 35.5. The van der Waals surface area contributed by atoms with Crippen LogP contribution in [-0.4, -0.2) is 21.1 Å². The number of rotatable bonds is 3. The molecule has 0 aliphatic heterocycles. The van der Waals surface area contributed by atoms with Crippen LogP contribution in [0.4, 0.5) is 10.3 Å². The molecule has 0 bridgehead atoms. The molecule has 2 aromatic rings. The summed E-state index contributed by atoms with van der Waals surface area (Å²) in [5.74, 6) is -0.177. The first-order valence-corrected chi connectivity index (χ1v) is 5.97. The molecule has 5 nitrogen and oxygen atoms in total. The van der Waals surface area contributed by atoms with E-state index in [1.165, 1.54) is 18.2 Å². The number of nitrogens with two attached hydrogens (primary N) is 1. The molecule has 100 valence electrons. The standard InChI is InChI=1S/C12H12ClFN4O/c1-6(2)19-12-17-10(16-11(15)18-12)8-4-3-7(14)5-9(8)13/h3-6H,1-2H3,(H2,15,16,17,18). The third kappa shape index (κ3) is 3.29. The molecule has 1 aromatic heterocycles. The Balaban J connectivity index is 2.46. The van der Waals surface area contributed by atoms with Crippen LogP contribution in [0.5, 0.6) is 6.01 Å². The molecule has 0 unspecified atom stereocenters. The Kier molecular flexibility index (Phi) is 3.80. The maximum absolute atomic E-state index is 13.0. The van der Waals surface area contributed by atoms with Crippen molar-refractivity contribution >= 4 is 17.5 Å². The van der Waals surface area contributed by atoms with Gasteiger partial charge >= 0.3 is 6.01 Å². The van der Waals surface area contributed by atoms with Gasteiger partial charge in [-0.05, 0) is 32.0 Å². The molecule has 0 aliphatic rings. The number of nitrogens with zero attached hydrogens (tertiary/aromatic N) is 3. The Morgan fingerprint density at radius 3 is 2.63 bits per heavy atom. The van der Waals surface area contributed by atoms with Crippen molar-refractivity contribution in [2.45, 2.75) is 20.0 Å². The van der Waals surface area contributed by atoms with Crippen LogP contribution in [-0.2, 0) is 0 Å². The third-order valence-electron chi connectivity index (χ3n) is 2.15. The Bertz CT molecular complexity index is 606. The van der Waals surface area contributed by atoms with Crippen LogP contribution < -0.4 is 10.5 Å².